The second-order valence-corrected chi connectivity index (χ2v) is 11.1. The van der Waals surface area contributed by atoms with E-state index in [-0.39, 0.29) is 24.4 Å². The van der Waals surface area contributed by atoms with Crippen LogP contribution in [0, 0.1) is 17.3 Å². The molecule has 0 bridgehead atoms. The van der Waals surface area contributed by atoms with Gasteiger partial charge in [0.05, 0.1) is 24.0 Å². The number of aromatic nitrogens is 1. The molecule has 0 radical (unpaired) electrons. The van der Waals surface area contributed by atoms with Gasteiger partial charge in [-0.15, -0.1) is 0 Å². The van der Waals surface area contributed by atoms with Crippen molar-refractivity contribution < 1.29 is 47.2 Å². The highest BCUT2D eigenvalue weighted by Gasteiger charge is 2.49. The van der Waals surface area contributed by atoms with Crippen LogP contribution >= 0.6 is 0 Å². The van der Waals surface area contributed by atoms with Crippen LogP contribution in [-0.2, 0) is 20.9 Å². The number of nitrogens with one attached hydrogen (secondary N) is 1. The molecule has 0 amide bonds. The van der Waals surface area contributed by atoms with Gasteiger partial charge in [0, 0.05) is 30.0 Å². The lowest BCUT2D eigenvalue weighted by Gasteiger charge is -2.34. The second-order valence-electron chi connectivity index (χ2n) is 11.1. The van der Waals surface area contributed by atoms with Crippen LogP contribution in [0.3, 0.4) is 0 Å². The first-order valence-corrected chi connectivity index (χ1v) is 12.9. The number of cyclic esters (lactones) is 1. The fraction of sp³-hybridized carbons (Fsp3) is 0.667. The molecule has 1 aromatic heterocycles. The predicted octanol–water partition coefficient (Wildman–Crippen LogP) is 3.08. The number of ether oxygens (including phenoxy) is 1. The Morgan fingerprint density at radius 1 is 1.23 bits per heavy atom. The first-order chi connectivity index (χ1) is 18.1. The minimum absolute atomic E-state index is 0.0402. The number of ketones is 1. The maximum atomic E-state index is 14.0. The van der Waals surface area contributed by atoms with Crippen molar-refractivity contribution in [2.45, 2.75) is 97.1 Å². The lowest BCUT2D eigenvalue weighted by atomic mass is 9.73. The average Bonchev–Trinajstić information content (AvgIpc) is 3.49. The first kappa shape index (κ1) is 31.0. The molecule has 0 saturated carbocycles. The minimum atomic E-state index is -4.64. The Kier molecular flexibility index (Phi) is 9.47. The standard InChI is InChI=1S/C27H37F3N2O7/c1-13(8-17-12-38-21(11-33)31-17)19-7-6-16(27(28,29)30)9-18-23(32-18)14(2)24(36)15(3)25(37)26(4,5)20(34)10-22(35)39-19/h6,8,12,14-15,18-20,23-24,32-34,36H,7,9-11H2,1-5H3/t14-,15+,18?,19-,20-,23?,24-/m0/s1. The van der Waals surface area contributed by atoms with Crippen LogP contribution in [-0.4, -0.2) is 68.6 Å². The number of carbonyl (C=O) groups is 2. The van der Waals surface area contributed by atoms with Crippen molar-refractivity contribution in [1.29, 1.82) is 0 Å². The summed E-state index contributed by atoms with van der Waals surface area (Å²) in [6.07, 6.45) is -5.94. The van der Waals surface area contributed by atoms with Crippen LogP contribution in [0.25, 0.3) is 6.08 Å². The van der Waals surface area contributed by atoms with Crippen LogP contribution in [0.1, 0.15) is 65.5 Å². The molecule has 1 fully saturated rings. The van der Waals surface area contributed by atoms with Crippen LogP contribution in [0.5, 0.6) is 0 Å². The molecule has 12 heteroatoms. The van der Waals surface area contributed by atoms with E-state index in [1.54, 1.807) is 13.8 Å². The number of hydrogen-bond donors (Lipinski definition) is 4. The van der Waals surface area contributed by atoms with Gasteiger partial charge in [-0.3, -0.25) is 9.59 Å². The van der Waals surface area contributed by atoms with Crippen molar-refractivity contribution in [2.75, 3.05) is 0 Å². The van der Waals surface area contributed by atoms with Crippen LogP contribution in [0.15, 0.2) is 27.9 Å². The van der Waals surface area contributed by atoms with Gasteiger partial charge in [0.1, 0.15) is 30.5 Å². The molecule has 1 saturated heterocycles. The Bertz CT molecular complexity index is 1110. The smallest absolute Gasteiger partial charge is 0.412 e. The largest absolute Gasteiger partial charge is 0.457 e. The van der Waals surface area contributed by atoms with Crippen molar-refractivity contribution >= 4 is 17.8 Å². The normalized spacial score (nSPS) is 33.3. The predicted molar refractivity (Wildman–Crippen MR) is 134 cm³/mol. The summed E-state index contributed by atoms with van der Waals surface area (Å²) in [6.45, 7) is 7.24. The Morgan fingerprint density at radius 2 is 1.90 bits per heavy atom. The number of alkyl halides is 3. The van der Waals surface area contributed by atoms with Gasteiger partial charge >= 0.3 is 12.1 Å². The number of halogens is 3. The van der Waals surface area contributed by atoms with Gasteiger partial charge in [-0.05, 0) is 30.9 Å². The Morgan fingerprint density at radius 3 is 2.49 bits per heavy atom. The number of Topliss-reactive ketones (excluding diaryl/α,β-unsaturated/α-hetero) is 1. The van der Waals surface area contributed by atoms with Crippen molar-refractivity contribution in [2.24, 2.45) is 17.3 Å². The second kappa shape index (κ2) is 11.9. The monoisotopic (exact) mass is 558 g/mol. The number of carbonyl (C=O) groups excluding carboxylic acids is 2. The van der Waals surface area contributed by atoms with Gasteiger partial charge in [-0.1, -0.05) is 33.8 Å². The van der Waals surface area contributed by atoms with E-state index in [1.165, 1.54) is 33.1 Å². The van der Waals surface area contributed by atoms with Crippen LogP contribution in [0.4, 0.5) is 13.2 Å². The fourth-order valence-electron chi connectivity index (χ4n) is 5.01. The number of hydrogen-bond acceptors (Lipinski definition) is 9. The molecule has 2 unspecified atom stereocenters. The summed E-state index contributed by atoms with van der Waals surface area (Å²) in [6, 6.07) is -0.980. The van der Waals surface area contributed by atoms with Crippen LogP contribution in [0.2, 0.25) is 0 Å². The van der Waals surface area contributed by atoms with Crippen LogP contribution < -0.4 is 5.32 Å². The Labute approximate surface area is 225 Å². The Balaban J connectivity index is 1.98. The molecule has 3 rings (SSSR count). The molecule has 9 nitrogen and oxygen atoms in total. The van der Waals surface area contributed by atoms with E-state index in [0.29, 0.717) is 5.57 Å². The summed E-state index contributed by atoms with van der Waals surface area (Å²) in [4.78, 5) is 30.1. The van der Waals surface area contributed by atoms with Crippen molar-refractivity contribution in [1.82, 2.24) is 10.3 Å². The highest BCUT2D eigenvalue weighted by Crippen LogP contribution is 2.38. The summed E-state index contributed by atoms with van der Waals surface area (Å²) in [5.74, 6) is -2.80. The summed E-state index contributed by atoms with van der Waals surface area (Å²) in [7, 11) is 0. The maximum absolute atomic E-state index is 14.0. The fourth-order valence-corrected chi connectivity index (χ4v) is 5.01. The zero-order valence-electron chi connectivity index (χ0n) is 22.7. The molecule has 2 aliphatic rings. The van der Waals surface area contributed by atoms with Crippen molar-refractivity contribution in [3.05, 3.63) is 35.1 Å². The number of esters is 1. The summed E-state index contributed by atoms with van der Waals surface area (Å²) < 4.78 is 52.4. The zero-order chi connectivity index (χ0) is 29.3. The molecule has 0 aliphatic carbocycles. The first-order valence-electron chi connectivity index (χ1n) is 12.9. The highest BCUT2D eigenvalue weighted by molar-refractivity contribution is 5.88. The van der Waals surface area contributed by atoms with Gasteiger partial charge in [0.2, 0.25) is 5.89 Å². The van der Waals surface area contributed by atoms with E-state index in [4.69, 9.17) is 14.3 Å². The van der Waals surface area contributed by atoms with Gasteiger partial charge in [0.25, 0.3) is 0 Å². The molecule has 0 aromatic carbocycles. The zero-order valence-corrected chi connectivity index (χ0v) is 22.7. The summed E-state index contributed by atoms with van der Waals surface area (Å²) in [5, 5.41) is 33.8. The number of nitrogens with zero attached hydrogens (tertiary/aromatic N) is 1. The molecular formula is C27H37F3N2O7. The maximum Gasteiger partial charge on any atom is 0.412 e. The third-order valence-corrected chi connectivity index (χ3v) is 7.83. The van der Waals surface area contributed by atoms with E-state index in [2.05, 4.69) is 10.3 Å². The molecule has 3 heterocycles. The molecular weight excluding hydrogens is 521 g/mol. The van der Waals surface area contributed by atoms with E-state index in [1.807, 2.05) is 0 Å². The number of rotatable bonds is 3. The number of oxazole rings is 1. The number of aliphatic hydroxyl groups is 3. The van der Waals surface area contributed by atoms with Crippen molar-refractivity contribution in [3.8, 4) is 0 Å². The molecule has 1 aromatic rings. The molecule has 0 spiro atoms. The molecule has 39 heavy (non-hydrogen) atoms. The number of aliphatic hydroxyl groups excluding tert-OH is 3. The van der Waals surface area contributed by atoms with Gasteiger partial charge in [-0.2, -0.15) is 13.2 Å². The lowest BCUT2D eigenvalue weighted by molar-refractivity contribution is -0.154. The topological polar surface area (TPSA) is 152 Å². The van der Waals surface area contributed by atoms with Gasteiger partial charge in [-0.25, -0.2) is 4.98 Å². The third kappa shape index (κ3) is 7.36. The summed E-state index contributed by atoms with van der Waals surface area (Å²) >= 11 is 0. The molecule has 4 N–H and O–H groups in total. The van der Waals surface area contributed by atoms with E-state index in [0.717, 1.165) is 6.08 Å². The quantitative estimate of drug-likeness (QED) is 0.249. The number of fused-ring (bicyclic) bond motifs is 1. The SMILES string of the molecule is CC(=Cc1coc(CO)n1)[C@@H]1CC=C(C(F)(F)F)CC2NC2[C@H](C)[C@H](O)[C@@H](C)C(=O)C(C)(C)[C@@H](O)CC(=O)O1. The minimum Gasteiger partial charge on any atom is -0.457 e. The molecule has 218 valence electrons. The third-order valence-electron chi connectivity index (χ3n) is 7.83. The molecule has 2 aliphatic heterocycles. The van der Waals surface area contributed by atoms with Crippen molar-refractivity contribution in [3.63, 3.8) is 0 Å². The highest BCUT2D eigenvalue weighted by atomic mass is 19.4. The van der Waals surface area contributed by atoms with E-state index in [9.17, 15) is 33.0 Å². The Hall–Kier alpha value is -2.54. The van der Waals surface area contributed by atoms with E-state index >= 15 is 0 Å². The summed E-state index contributed by atoms with van der Waals surface area (Å²) in [5.41, 5.74) is -1.58. The average molecular weight is 559 g/mol. The van der Waals surface area contributed by atoms with E-state index < -0.39 is 84.2 Å². The van der Waals surface area contributed by atoms with Gasteiger partial charge in [0.15, 0.2) is 0 Å². The van der Waals surface area contributed by atoms with Gasteiger partial charge < -0.3 is 29.8 Å². The lowest BCUT2D eigenvalue weighted by Crippen LogP contribution is -2.46. The molecule has 7 atom stereocenters.